The van der Waals surface area contributed by atoms with Gasteiger partial charge in [0.15, 0.2) is 11.2 Å². The summed E-state index contributed by atoms with van der Waals surface area (Å²) in [6.07, 6.45) is 2.31. The molecule has 2 aromatic heterocycles. The number of carbonyl (C=O) groups is 2. The summed E-state index contributed by atoms with van der Waals surface area (Å²) in [5, 5.41) is 5.82. The van der Waals surface area contributed by atoms with Crippen molar-refractivity contribution in [3.8, 4) is 11.3 Å². The van der Waals surface area contributed by atoms with E-state index in [1.165, 1.54) is 17.5 Å². The van der Waals surface area contributed by atoms with Crippen molar-refractivity contribution in [3.63, 3.8) is 0 Å². The monoisotopic (exact) mass is 435 g/mol. The molecule has 9 heteroatoms. The molecule has 0 aliphatic carbocycles. The zero-order valence-electron chi connectivity index (χ0n) is 14.7. The zero-order chi connectivity index (χ0) is 20.1. The fourth-order valence-electron chi connectivity index (χ4n) is 2.34. The maximum absolute atomic E-state index is 12.5. The number of hydrogen-bond donors (Lipinski definition) is 1. The van der Waals surface area contributed by atoms with Gasteiger partial charge in [-0.2, -0.15) is 0 Å². The molecule has 0 saturated heterocycles. The molecule has 0 aliphatic rings. The van der Waals surface area contributed by atoms with Gasteiger partial charge in [-0.05, 0) is 36.8 Å². The van der Waals surface area contributed by atoms with Gasteiger partial charge in [0.1, 0.15) is 0 Å². The van der Waals surface area contributed by atoms with Gasteiger partial charge in [-0.15, -0.1) is 11.3 Å². The number of anilines is 1. The van der Waals surface area contributed by atoms with Gasteiger partial charge in [-0.1, -0.05) is 30.1 Å². The normalized spacial score (nSPS) is 11.7. The summed E-state index contributed by atoms with van der Waals surface area (Å²) in [6, 6.07) is 8.29. The lowest BCUT2D eigenvalue weighted by atomic mass is 10.2. The van der Waals surface area contributed by atoms with Crippen LogP contribution in [0.1, 0.15) is 23.7 Å². The molecule has 2 heterocycles. The van der Waals surface area contributed by atoms with Gasteiger partial charge in [0.05, 0.1) is 16.3 Å². The molecule has 1 atom stereocenters. The Hall–Kier alpha value is -2.48. The number of rotatable bonds is 6. The highest BCUT2D eigenvalue weighted by atomic mass is 35.5. The Kier molecular flexibility index (Phi) is 6.61. The number of halogens is 2. The van der Waals surface area contributed by atoms with Crippen LogP contribution in [0.25, 0.3) is 11.3 Å². The summed E-state index contributed by atoms with van der Waals surface area (Å²) in [5.74, 6) is -1.06. The molecule has 3 aromatic rings. The molecule has 6 nitrogen and oxygen atoms in total. The minimum Gasteiger partial charge on any atom is -0.449 e. The predicted molar refractivity (Wildman–Crippen MR) is 110 cm³/mol. The number of nitrogens with one attached hydrogen (secondary N) is 1. The van der Waals surface area contributed by atoms with E-state index < -0.39 is 18.0 Å². The number of carbonyl (C=O) groups excluding carboxylic acids is 2. The largest absolute Gasteiger partial charge is 0.449 e. The molecule has 0 aliphatic heterocycles. The lowest BCUT2D eigenvalue weighted by Gasteiger charge is -2.15. The summed E-state index contributed by atoms with van der Waals surface area (Å²) in [5.41, 5.74) is 1.60. The third-order valence-corrected chi connectivity index (χ3v) is 5.06. The van der Waals surface area contributed by atoms with Crippen LogP contribution in [-0.2, 0) is 9.53 Å². The van der Waals surface area contributed by atoms with Gasteiger partial charge >= 0.3 is 5.97 Å². The van der Waals surface area contributed by atoms with Crippen molar-refractivity contribution in [1.29, 1.82) is 0 Å². The third-order valence-electron chi connectivity index (χ3n) is 3.75. The number of hydrogen-bond acceptors (Lipinski definition) is 6. The molecule has 144 valence electrons. The topological polar surface area (TPSA) is 81.2 Å². The van der Waals surface area contributed by atoms with E-state index in [0.717, 1.165) is 0 Å². The first-order chi connectivity index (χ1) is 13.5. The summed E-state index contributed by atoms with van der Waals surface area (Å²) in [4.78, 5) is 32.9. The molecule has 3 rings (SSSR count). The maximum atomic E-state index is 12.5. The van der Waals surface area contributed by atoms with Crippen molar-refractivity contribution in [3.05, 3.63) is 63.7 Å². The van der Waals surface area contributed by atoms with Crippen molar-refractivity contribution in [2.45, 2.75) is 19.4 Å². The number of ether oxygens (including phenoxy) is 1. The van der Waals surface area contributed by atoms with Gasteiger partial charge in [0.25, 0.3) is 5.91 Å². The van der Waals surface area contributed by atoms with Crippen LogP contribution in [0.2, 0.25) is 10.0 Å². The number of pyridine rings is 1. The fourth-order valence-corrected chi connectivity index (χ4v) is 3.56. The number of benzene rings is 1. The number of nitrogens with zero attached hydrogens (tertiary/aromatic N) is 2. The average Bonchev–Trinajstić information content (AvgIpc) is 3.14. The number of amides is 1. The second kappa shape index (κ2) is 9.14. The van der Waals surface area contributed by atoms with Crippen LogP contribution < -0.4 is 5.32 Å². The van der Waals surface area contributed by atoms with E-state index >= 15 is 0 Å². The quantitative estimate of drug-likeness (QED) is 0.545. The van der Waals surface area contributed by atoms with Gasteiger partial charge in [-0.3, -0.25) is 15.1 Å². The summed E-state index contributed by atoms with van der Waals surface area (Å²) in [7, 11) is 0. The van der Waals surface area contributed by atoms with Crippen LogP contribution in [0.3, 0.4) is 0 Å². The molecule has 0 fully saturated rings. The van der Waals surface area contributed by atoms with Crippen LogP contribution in [0.5, 0.6) is 0 Å². The van der Waals surface area contributed by atoms with Crippen LogP contribution in [0.15, 0.2) is 48.1 Å². The predicted octanol–water partition coefficient (Wildman–Crippen LogP) is 5.09. The first kappa shape index (κ1) is 20.3. The second-order valence-corrected chi connectivity index (χ2v) is 7.40. The van der Waals surface area contributed by atoms with Crippen molar-refractivity contribution in [1.82, 2.24) is 9.97 Å². The lowest BCUT2D eigenvalue weighted by Crippen LogP contribution is -2.32. The Morgan fingerprint density at radius 2 is 2.11 bits per heavy atom. The molecule has 0 radical (unpaired) electrons. The fraction of sp³-hybridized carbons (Fsp3) is 0.158. The van der Waals surface area contributed by atoms with Crippen molar-refractivity contribution < 1.29 is 14.3 Å². The van der Waals surface area contributed by atoms with Crippen molar-refractivity contribution in [2.75, 3.05) is 5.32 Å². The van der Waals surface area contributed by atoms with Crippen LogP contribution in [0, 0.1) is 0 Å². The van der Waals surface area contributed by atoms with Gasteiger partial charge in [0.2, 0.25) is 0 Å². The van der Waals surface area contributed by atoms with E-state index in [-0.39, 0.29) is 5.56 Å². The molecular formula is C19H15Cl2N3O3S. The van der Waals surface area contributed by atoms with Gasteiger partial charge in [-0.25, -0.2) is 9.78 Å². The summed E-state index contributed by atoms with van der Waals surface area (Å²) in [6.45, 7) is 1.75. The smallest absolute Gasteiger partial charge is 0.340 e. The Morgan fingerprint density at radius 1 is 1.29 bits per heavy atom. The van der Waals surface area contributed by atoms with E-state index in [1.807, 2.05) is 0 Å². The van der Waals surface area contributed by atoms with E-state index in [1.54, 1.807) is 48.8 Å². The summed E-state index contributed by atoms with van der Waals surface area (Å²) < 4.78 is 5.29. The minimum atomic E-state index is -0.945. The van der Waals surface area contributed by atoms with Crippen molar-refractivity contribution in [2.24, 2.45) is 0 Å². The molecule has 1 aromatic carbocycles. The number of aromatic nitrogens is 2. The molecule has 0 spiro atoms. The molecule has 1 N–H and O–H groups in total. The summed E-state index contributed by atoms with van der Waals surface area (Å²) >= 11 is 13.4. The second-order valence-electron chi connectivity index (χ2n) is 5.70. The van der Waals surface area contributed by atoms with E-state index in [0.29, 0.717) is 32.9 Å². The lowest BCUT2D eigenvalue weighted by molar-refractivity contribution is -0.124. The molecular weight excluding hydrogens is 421 g/mol. The number of thiazole rings is 1. The Bertz CT molecular complexity index is 995. The number of esters is 1. The van der Waals surface area contributed by atoms with Crippen LogP contribution >= 0.6 is 34.5 Å². The minimum absolute atomic E-state index is 0.280. The third kappa shape index (κ3) is 4.86. The van der Waals surface area contributed by atoms with Crippen molar-refractivity contribution >= 4 is 51.5 Å². The SMILES string of the molecule is CCC(OC(=O)c1cccnc1)C(=O)Nc1nc(-c2ccc(Cl)cc2Cl)cs1. The first-order valence-corrected chi connectivity index (χ1v) is 9.94. The first-order valence-electron chi connectivity index (χ1n) is 8.30. The van der Waals surface area contributed by atoms with E-state index in [2.05, 4.69) is 15.3 Å². The van der Waals surface area contributed by atoms with Crippen LogP contribution in [0.4, 0.5) is 5.13 Å². The Labute approximate surface area is 175 Å². The molecule has 1 amide bonds. The molecule has 28 heavy (non-hydrogen) atoms. The highest BCUT2D eigenvalue weighted by Crippen LogP contribution is 2.32. The molecule has 1 unspecified atom stereocenters. The Morgan fingerprint density at radius 3 is 2.79 bits per heavy atom. The van der Waals surface area contributed by atoms with Gasteiger partial charge < -0.3 is 4.74 Å². The highest BCUT2D eigenvalue weighted by Gasteiger charge is 2.23. The molecule has 0 saturated carbocycles. The van der Waals surface area contributed by atoms with Gasteiger partial charge in [0, 0.05) is 28.4 Å². The van der Waals surface area contributed by atoms with Crippen LogP contribution in [-0.4, -0.2) is 27.9 Å². The molecule has 0 bridgehead atoms. The highest BCUT2D eigenvalue weighted by molar-refractivity contribution is 7.14. The standard InChI is InChI=1S/C19H15Cl2N3O3S/c1-2-16(27-18(26)11-4-3-7-22-9-11)17(25)24-19-23-15(10-28-19)13-6-5-12(20)8-14(13)21/h3-10,16H,2H2,1H3,(H,23,24,25). The average molecular weight is 436 g/mol. The van der Waals surface area contributed by atoms with E-state index in [9.17, 15) is 9.59 Å². The zero-order valence-corrected chi connectivity index (χ0v) is 17.0. The van der Waals surface area contributed by atoms with E-state index in [4.69, 9.17) is 27.9 Å². The maximum Gasteiger partial charge on any atom is 0.340 e. The Balaban J connectivity index is 1.68.